The molecule has 0 atom stereocenters. The Bertz CT molecular complexity index is 1300. The molecular formula is C30H33ClFN3O2. The first kappa shape index (κ1) is 25.6. The first-order valence-electron chi connectivity index (χ1n) is 12.9. The van der Waals surface area contributed by atoms with Crippen LogP contribution in [0.3, 0.4) is 0 Å². The van der Waals surface area contributed by atoms with Crippen molar-refractivity contribution in [3.8, 4) is 22.6 Å². The number of aryl methyl sites for hydroxylation is 1. The fourth-order valence-corrected chi connectivity index (χ4v) is 5.19. The van der Waals surface area contributed by atoms with E-state index in [9.17, 15) is 4.39 Å². The Morgan fingerprint density at radius 2 is 1.68 bits per heavy atom. The average molecular weight is 522 g/mol. The molecule has 0 radical (unpaired) electrons. The van der Waals surface area contributed by atoms with Gasteiger partial charge >= 0.3 is 0 Å². The van der Waals surface area contributed by atoms with Gasteiger partial charge in [0.1, 0.15) is 17.6 Å². The summed E-state index contributed by atoms with van der Waals surface area (Å²) in [4.78, 5) is 2.50. The first-order valence-corrected chi connectivity index (χ1v) is 13.3. The number of ether oxygens (including phenoxy) is 2. The number of benzene rings is 3. The molecule has 0 amide bonds. The molecule has 37 heavy (non-hydrogen) atoms. The second-order valence-corrected chi connectivity index (χ2v) is 9.99. The highest BCUT2D eigenvalue weighted by Gasteiger charge is 2.21. The third-order valence-electron chi connectivity index (χ3n) is 6.99. The number of nitrogens with zero attached hydrogens (tertiary/aromatic N) is 2. The minimum Gasteiger partial charge on any atom is -0.490 e. The van der Waals surface area contributed by atoms with Crippen LogP contribution in [0.1, 0.15) is 24.8 Å². The van der Waals surface area contributed by atoms with Crippen LogP contribution in [-0.2, 0) is 13.1 Å². The lowest BCUT2D eigenvalue weighted by molar-refractivity contribution is 0.0968. The smallest absolute Gasteiger partial charge is 0.228 e. The Balaban J connectivity index is 1.30. The largest absolute Gasteiger partial charge is 0.490 e. The number of likely N-dealkylation sites (tertiary alicyclic amines) is 1. The topological polar surface area (TPSA) is 52.7 Å². The number of piperidine rings is 1. The van der Waals surface area contributed by atoms with Gasteiger partial charge in [-0.25, -0.2) is 4.39 Å². The van der Waals surface area contributed by atoms with Crippen LogP contribution in [0.2, 0.25) is 5.02 Å². The average Bonchev–Trinajstić information content (AvgIpc) is 3.28. The molecular weight excluding hydrogens is 489 g/mol. The van der Waals surface area contributed by atoms with Gasteiger partial charge in [0.2, 0.25) is 6.86 Å². The summed E-state index contributed by atoms with van der Waals surface area (Å²) in [6.07, 6.45) is 5.35. The van der Waals surface area contributed by atoms with Crippen molar-refractivity contribution in [3.63, 3.8) is 0 Å². The van der Waals surface area contributed by atoms with Crippen LogP contribution >= 0.6 is 11.6 Å². The highest BCUT2D eigenvalue weighted by atomic mass is 35.5. The molecule has 5 rings (SSSR count). The fraction of sp³-hybridized carbons (Fsp3) is 0.333. The van der Waals surface area contributed by atoms with Crippen molar-refractivity contribution in [3.05, 3.63) is 83.5 Å². The van der Waals surface area contributed by atoms with Gasteiger partial charge in [-0.3, -0.25) is 4.90 Å². The number of hydrogen-bond acceptors (Lipinski definition) is 4. The number of halogens is 2. The Morgan fingerprint density at radius 1 is 0.946 bits per heavy atom. The lowest BCUT2D eigenvalue weighted by Gasteiger charge is -2.32. The van der Waals surface area contributed by atoms with Crippen LogP contribution in [0, 0.1) is 0 Å². The van der Waals surface area contributed by atoms with Crippen molar-refractivity contribution in [2.45, 2.75) is 38.5 Å². The summed E-state index contributed by atoms with van der Waals surface area (Å²) in [5, 5.41) is 1.94. The summed E-state index contributed by atoms with van der Waals surface area (Å²) in [5.74, 6) is 1.41. The molecule has 3 aromatic carbocycles. The third kappa shape index (κ3) is 6.27. The van der Waals surface area contributed by atoms with E-state index in [-0.39, 0.29) is 6.10 Å². The van der Waals surface area contributed by atoms with Gasteiger partial charge < -0.3 is 19.8 Å². The van der Waals surface area contributed by atoms with Crippen LogP contribution in [0.4, 0.5) is 4.39 Å². The fourth-order valence-electron chi connectivity index (χ4n) is 5.06. The minimum absolute atomic E-state index is 0.229. The molecule has 1 aliphatic rings. The number of rotatable bonds is 10. The lowest BCUT2D eigenvalue weighted by Crippen LogP contribution is -2.37. The van der Waals surface area contributed by atoms with Crippen LogP contribution < -0.4 is 15.2 Å². The van der Waals surface area contributed by atoms with Gasteiger partial charge in [-0.15, -0.1) is 0 Å². The van der Waals surface area contributed by atoms with Gasteiger partial charge in [-0.05, 0) is 85.5 Å². The number of aromatic nitrogens is 1. The van der Waals surface area contributed by atoms with Crippen molar-refractivity contribution in [1.29, 1.82) is 0 Å². The van der Waals surface area contributed by atoms with Gasteiger partial charge in [-0.1, -0.05) is 29.8 Å². The maximum absolute atomic E-state index is 12.6. The zero-order valence-corrected chi connectivity index (χ0v) is 21.7. The van der Waals surface area contributed by atoms with Gasteiger partial charge in [0.15, 0.2) is 0 Å². The normalized spacial score (nSPS) is 14.8. The molecule has 1 aromatic heterocycles. The molecule has 1 saturated heterocycles. The number of nitrogens with two attached hydrogens (primary N) is 1. The van der Waals surface area contributed by atoms with E-state index < -0.39 is 6.86 Å². The molecule has 0 aliphatic carbocycles. The second-order valence-electron chi connectivity index (χ2n) is 9.56. The molecule has 5 nitrogen and oxygen atoms in total. The van der Waals surface area contributed by atoms with E-state index in [2.05, 4.69) is 33.9 Å². The van der Waals surface area contributed by atoms with E-state index in [1.54, 1.807) is 0 Å². The van der Waals surface area contributed by atoms with Crippen LogP contribution in [0.5, 0.6) is 11.5 Å². The van der Waals surface area contributed by atoms with Crippen LogP contribution in [0.25, 0.3) is 22.0 Å². The van der Waals surface area contributed by atoms with Gasteiger partial charge in [0.05, 0.1) is 0 Å². The molecule has 194 valence electrons. The molecule has 1 fully saturated rings. The van der Waals surface area contributed by atoms with E-state index in [0.717, 1.165) is 67.3 Å². The first-order chi connectivity index (χ1) is 18.1. The molecule has 0 saturated carbocycles. The minimum atomic E-state index is -0.828. The number of alkyl halides is 1. The Morgan fingerprint density at radius 3 is 2.38 bits per heavy atom. The Kier molecular flexibility index (Phi) is 8.29. The highest BCUT2D eigenvalue weighted by Crippen LogP contribution is 2.33. The van der Waals surface area contributed by atoms with Crippen molar-refractivity contribution in [1.82, 2.24) is 9.47 Å². The third-order valence-corrected chi connectivity index (χ3v) is 7.24. The predicted octanol–water partition coefficient (Wildman–Crippen LogP) is 6.66. The van der Waals surface area contributed by atoms with Crippen molar-refractivity contribution < 1.29 is 13.9 Å². The van der Waals surface area contributed by atoms with Gasteiger partial charge in [0, 0.05) is 53.9 Å². The summed E-state index contributed by atoms with van der Waals surface area (Å²) >= 11 is 5.99. The number of fused-ring (bicyclic) bond motifs is 1. The number of hydrogen-bond donors (Lipinski definition) is 1. The van der Waals surface area contributed by atoms with E-state index in [1.807, 2.05) is 48.5 Å². The van der Waals surface area contributed by atoms with E-state index in [1.165, 1.54) is 16.5 Å². The van der Waals surface area contributed by atoms with Crippen molar-refractivity contribution in [2.24, 2.45) is 5.73 Å². The lowest BCUT2D eigenvalue weighted by atomic mass is 10.0. The summed E-state index contributed by atoms with van der Waals surface area (Å²) in [5.41, 5.74) is 10.5. The molecule has 2 N–H and O–H groups in total. The molecule has 2 heterocycles. The summed E-state index contributed by atoms with van der Waals surface area (Å²) in [6.45, 7) is 3.59. The van der Waals surface area contributed by atoms with Crippen molar-refractivity contribution >= 4 is 22.5 Å². The van der Waals surface area contributed by atoms with E-state index >= 15 is 0 Å². The van der Waals surface area contributed by atoms with Crippen molar-refractivity contribution in [2.75, 3.05) is 26.5 Å². The van der Waals surface area contributed by atoms with E-state index in [0.29, 0.717) is 12.3 Å². The van der Waals surface area contributed by atoms with Crippen LogP contribution in [-0.4, -0.2) is 42.1 Å². The molecule has 0 spiro atoms. The Labute approximate surface area is 222 Å². The van der Waals surface area contributed by atoms with Crippen LogP contribution in [0.15, 0.2) is 72.9 Å². The quantitative estimate of drug-likeness (QED) is 0.253. The maximum Gasteiger partial charge on any atom is 0.228 e. The Hall–Kier alpha value is -3.06. The monoisotopic (exact) mass is 521 g/mol. The molecule has 7 heteroatoms. The van der Waals surface area contributed by atoms with Gasteiger partial charge in [-0.2, -0.15) is 0 Å². The van der Waals surface area contributed by atoms with E-state index in [4.69, 9.17) is 26.8 Å². The zero-order valence-electron chi connectivity index (χ0n) is 20.9. The predicted molar refractivity (Wildman–Crippen MR) is 148 cm³/mol. The molecule has 1 aliphatic heterocycles. The maximum atomic E-state index is 12.6. The molecule has 0 bridgehead atoms. The molecule has 4 aromatic rings. The summed E-state index contributed by atoms with van der Waals surface area (Å²) in [7, 11) is 0. The van der Waals surface area contributed by atoms with Gasteiger partial charge in [0.25, 0.3) is 0 Å². The zero-order chi connectivity index (χ0) is 25.6. The molecule has 0 unspecified atom stereocenters. The SMILES string of the molecule is NCCCn1cc(-c2ccc(OCF)cc2)c2cc(CN3CCC(Oc4ccc(Cl)cc4)CC3)ccc21. The second kappa shape index (κ2) is 12.0. The summed E-state index contributed by atoms with van der Waals surface area (Å²) < 4.78 is 26.0. The summed E-state index contributed by atoms with van der Waals surface area (Å²) in [6, 6.07) is 22.0. The highest BCUT2D eigenvalue weighted by molar-refractivity contribution is 6.30. The standard InChI is InChI=1S/C30H33ClFN3O2/c31-24-5-9-26(10-6-24)37-27-12-16-34(17-13-27)19-22-2-11-30-28(18-22)29(20-35(30)15-1-14-33)23-3-7-25(8-4-23)36-21-32/h2-11,18,20,27H,1,12-17,19,21,33H2.